The van der Waals surface area contributed by atoms with Crippen LogP contribution in [0.4, 0.5) is 11.4 Å². The molecule has 6 nitrogen and oxygen atoms in total. The Labute approximate surface area is 169 Å². The molecule has 7 heteroatoms. The summed E-state index contributed by atoms with van der Waals surface area (Å²) >= 11 is 5.87. The summed E-state index contributed by atoms with van der Waals surface area (Å²) in [5.74, 6) is -1.39. The summed E-state index contributed by atoms with van der Waals surface area (Å²) < 4.78 is 5.12. The van der Waals surface area contributed by atoms with Gasteiger partial charge in [-0.3, -0.25) is 4.79 Å². The summed E-state index contributed by atoms with van der Waals surface area (Å²) in [6, 6.07) is 15.7. The van der Waals surface area contributed by atoms with Gasteiger partial charge in [0.1, 0.15) is 11.6 Å². The molecule has 0 fully saturated rings. The topological polar surface area (TPSA) is 82.4 Å². The Kier molecular flexibility index (Phi) is 7.19. The third-order valence-electron chi connectivity index (χ3n) is 3.81. The van der Waals surface area contributed by atoms with Crippen molar-refractivity contribution in [1.82, 2.24) is 0 Å². The minimum atomic E-state index is -1.08. The van der Waals surface area contributed by atoms with E-state index in [2.05, 4.69) is 5.32 Å². The number of hydrogen-bond donors (Lipinski definition) is 1. The number of amides is 1. The first-order valence-corrected chi connectivity index (χ1v) is 8.84. The van der Waals surface area contributed by atoms with E-state index in [1.165, 1.54) is 13.0 Å². The van der Waals surface area contributed by atoms with E-state index in [0.717, 1.165) is 5.69 Å². The predicted octanol–water partition coefficient (Wildman–Crippen LogP) is 3.88. The van der Waals surface area contributed by atoms with E-state index in [1.807, 2.05) is 37.2 Å². The van der Waals surface area contributed by atoms with E-state index >= 15 is 0 Å². The molecule has 1 N–H and O–H groups in total. The van der Waals surface area contributed by atoms with Crippen LogP contribution < -0.4 is 10.2 Å². The fraction of sp³-hybridized carbons (Fsp3) is 0.190. The predicted molar refractivity (Wildman–Crippen MR) is 110 cm³/mol. The number of anilines is 2. The first-order chi connectivity index (χ1) is 13.3. The number of esters is 1. The molecule has 2 aromatic carbocycles. The van der Waals surface area contributed by atoms with Gasteiger partial charge < -0.3 is 15.0 Å². The Morgan fingerprint density at radius 1 is 1.21 bits per heavy atom. The molecule has 0 aliphatic rings. The second kappa shape index (κ2) is 9.58. The summed E-state index contributed by atoms with van der Waals surface area (Å²) in [7, 11) is 3.83. The van der Waals surface area contributed by atoms with Crippen molar-refractivity contribution in [1.29, 1.82) is 5.26 Å². The van der Waals surface area contributed by atoms with Crippen molar-refractivity contribution in [3.05, 3.63) is 64.7 Å². The highest BCUT2D eigenvalue weighted by Crippen LogP contribution is 2.17. The van der Waals surface area contributed by atoms with Gasteiger partial charge in [0, 0.05) is 30.5 Å². The van der Waals surface area contributed by atoms with Crippen molar-refractivity contribution in [2.45, 2.75) is 13.0 Å². The molecule has 0 heterocycles. The van der Waals surface area contributed by atoms with Gasteiger partial charge in [0.05, 0.1) is 0 Å². The molecule has 2 rings (SSSR count). The maximum atomic E-state index is 12.3. The van der Waals surface area contributed by atoms with Gasteiger partial charge in [-0.25, -0.2) is 4.79 Å². The van der Waals surface area contributed by atoms with Crippen LogP contribution in [0.5, 0.6) is 0 Å². The molecule has 1 atom stereocenters. The van der Waals surface area contributed by atoms with Crippen molar-refractivity contribution in [2.75, 3.05) is 24.3 Å². The average Bonchev–Trinajstić information content (AvgIpc) is 2.66. The summed E-state index contributed by atoms with van der Waals surface area (Å²) in [5, 5.41) is 12.3. The molecular formula is C21H20ClN3O3. The summed E-state index contributed by atoms with van der Waals surface area (Å²) in [6.45, 7) is 1.43. The van der Waals surface area contributed by atoms with Gasteiger partial charge in [0.25, 0.3) is 5.91 Å². The monoisotopic (exact) mass is 397 g/mol. The van der Waals surface area contributed by atoms with Crippen LogP contribution in [-0.2, 0) is 14.3 Å². The zero-order valence-electron chi connectivity index (χ0n) is 15.8. The molecule has 0 saturated carbocycles. The lowest BCUT2D eigenvalue weighted by Crippen LogP contribution is -2.30. The van der Waals surface area contributed by atoms with E-state index in [4.69, 9.17) is 16.3 Å². The normalized spacial score (nSPS) is 11.9. The van der Waals surface area contributed by atoms with Crippen molar-refractivity contribution in [3.63, 3.8) is 0 Å². The smallest absolute Gasteiger partial charge is 0.349 e. The van der Waals surface area contributed by atoms with Crippen LogP contribution in [0.3, 0.4) is 0 Å². The van der Waals surface area contributed by atoms with Crippen LogP contribution in [0, 0.1) is 11.3 Å². The van der Waals surface area contributed by atoms with Gasteiger partial charge >= 0.3 is 5.97 Å². The molecule has 28 heavy (non-hydrogen) atoms. The Bertz CT molecular complexity index is 931. The lowest BCUT2D eigenvalue weighted by molar-refractivity contribution is -0.148. The molecule has 2 aromatic rings. The Morgan fingerprint density at radius 2 is 1.89 bits per heavy atom. The zero-order valence-corrected chi connectivity index (χ0v) is 16.5. The van der Waals surface area contributed by atoms with Crippen LogP contribution in [0.2, 0.25) is 5.02 Å². The van der Waals surface area contributed by atoms with Gasteiger partial charge in [0.15, 0.2) is 6.10 Å². The molecule has 0 spiro atoms. The number of nitrogens with one attached hydrogen (secondary N) is 1. The van der Waals surface area contributed by atoms with Crippen LogP contribution in [0.1, 0.15) is 12.5 Å². The Balaban J connectivity index is 2.04. The number of nitrogens with zero attached hydrogens (tertiary/aromatic N) is 2. The average molecular weight is 398 g/mol. The maximum Gasteiger partial charge on any atom is 0.349 e. The molecular weight excluding hydrogens is 378 g/mol. The first kappa shape index (κ1) is 21.0. The molecule has 0 aliphatic carbocycles. The molecule has 0 bridgehead atoms. The van der Waals surface area contributed by atoms with E-state index in [9.17, 15) is 14.9 Å². The number of benzene rings is 2. The van der Waals surface area contributed by atoms with E-state index in [0.29, 0.717) is 16.3 Å². The fourth-order valence-corrected chi connectivity index (χ4v) is 2.45. The highest BCUT2D eigenvalue weighted by Gasteiger charge is 2.20. The summed E-state index contributed by atoms with van der Waals surface area (Å²) in [4.78, 5) is 26.4. The van der Waals surface area contributed by atoms with Gasteiger partial charge in [0.2, 0.25) is 0 Å². The number of carbonyl (C=O) groups excluding carboxylic acids is 2. The van der Waals surface area contributed by atoms with Crippen LogP contribution in [0.25, 0.3) is 6.08 Å². The standard InChI is InChI=1S/C21H20ClN3O3/c1-14(20(26)24-18-6-4-5-17(22)12-18)28-21(27)16(13-23)11-15-7-9-19(10-8-15)25(2)3/h4-12,14H,1-3H3,(H,24,26)/b16-11+/t14-/m1/s1. The third kappa shape index (κ3) is 5.86. The number of carbonyl (C=O) groups is 2. The Hall–Kier alpha value is -3.30. The minimum Gasteiger partial charge on any atom is -0.448 e. The van der Waals surface area contributed by atoms with Crippen LogP contribution >= 0.6 is 11.6 Å². The third-order valence-corrected chi connectivity index (χ3v) is 4.04. The van der Waals surface area contributed by atoms with Crippen molar-refractivity contribution in [2.24, 2.45) is 0 Å². The number of halogens is 1. The lowest BCUT2D eigenvalue weighted by atomic mass is 10.1. The molecule has 144 valence electrons. The number of hydrogen-bond acceptors (Lipinski definition) is 5. The highest BCUT2D eigenvalue weighted by molar-refractivity contribution is 6.30. The fourth-order valence-electron chi connectivity index (χ4n) is 2.26. The maximum absolute atomic E-state index is 12.3. The lowest BCUT2D eigenvalue weighted by Gasteiger charge is -2.13. The van der Waals surface area contributed by atoms with E-state index in [-0.39, 0.29) is 5.57 Å². The van der Waals surface area contributed by atoms with Crippen molar-refractivity contribution >= 4 is 40.9 Å². The molecule has 0 aliphatic heterocycles. The molecule has 0 radical (unpaired) electrons. The van der Waals surface area contributed by atoms with Crippen molar-refractivity contribution in [3.8, 4) is 6.07 Å². The largest absolute Gasteiger partial charge is 0.448 e. The molecule has 1 amide bonds. The number of rotatable bonds is 6. The van der Waals surface area contributed by atoms with E-state index < -0.39 is 18.0 Å². The molecule has 0 aromatic heterocycles. The van der Waals surface area contributed by atoms with Crippen molar-refractivity contribution < 1.29 is 14.3 Å². The second-order valence-electron chi connectivity index (χ2n) is 6.20. The first-order valence-electron chi connectivity index (χ1n) is 8.46. The van der Waals surface area contributed by atoms with Crippen LogP contribution in [-0.4, -0.2) is 32.1 Å². The molecule has 0 unspecified atom stereocenters. The van der Waals surface area contributed by atoms with E-state index in [1.54, 1.807) is 36.4 Å². The number of nitriles is 1. The highest BCUT2D eigenvalue weighted by atomic mass is 35.5. The number of ether oxygens (including phenoxy) is 1. The van der Waals surface area contributed by atoms with Gasteiger partial charge in [-0.2, -0.15) is 5.26 Å². The van der Waals surface area contributed by atoms with Gasteiger partial charge in [-0.1, -0.05) is 29.8 Å². The summed E-state index contributed by atoms with van der Waals surface area (Å²) in [5.41, 5.74) is 1.96. The second-order valence-corrected chi connectivity index (χ2v) is 6.64. The zero-order chi connectivity index (χ0) is 20.7. The quantitative estimate of drug-likeness (QED) is 0.454. The Morgan fingerprint density at radius 3 is 2.46 bits per heavy atom. The molecule has 0 saturated heterocycles. The van der Waals surface area contributed by atoms with Gasteiger partial charge in [-0.15, -0.1) is 0 Å². The van der Waals surface area contributed by atoms with Crippen LogP contribution in [0.15, 0.2) is 54.1 Å². The minimum absolute atomic E-state index is 0.194. The SMILES string of the molecule is C[C@@H](OC(=O)/C(C#N)=C/c1ccc(N(C)C)cc1)C(=O)Nc1cccc(Cl)c1. The van der Waals surface area contributed by atoms with Gasteiger partial charge in [-0.05, 0) is 48.9 Å². The summed E-state index contributed by atoms with van der Waals surface area (Å²) in [6.07, 6.45) is 0.336.